The summed E-state index contributed by atoms with van der Waals surface area (Å²) in [7, 11) is -2.01. The number of benzene rings is 2. The molecule has 1 aromatic heterocycles. The highest BCUT2D eigenvalue weighted by Gasteiger charge is 2.32. The van der Waals surface area contributed by atoms with Crippen LogP contribution in [0.5, 0.6) is 5.75 Å². The van der Waals surface area contributed by atoms with E-state index in [9.17, 15) is 13.2 Å². The summed E-state index contributed by atoms with van der Waals surface area (Å²) in [6.45, 7) is 1.28. The highest BCUT2D eigenvalue weighted by Crippen LogP contribution is 2.27. The molecule has 0 unspecified atom stereocenters. The SMILES string of the molecule is COc1ccc(S(=O)(=O)N2CCC(C(=O)NCCc3csc4ccccc34)CC2)cc1. The maximum absolute atomic E-state index is 12.9. The molecule has 2 aromatic carbocycles. The zero-order valence-corrected chi connectivity index (χ0v) is 19.0. The number of nitrogens with one attached hydrogen (secondary N) is 1. The Morgan fingerprint density at radius 3 is 2.55 bits per heavy atom. The lowest BCUT2D eigenvalue weighted by atomic mass is 9.97. The van der Waals surface area contributed by atoms with E-state index in [4.69, 9.17) is 4.74 Å². The minimum absolute atomic E-state index is 0.0148. The third-order valence-corrected chi connectivity index (χ3v) is 8.70. The van der Waals surface area contributed by atoms with Gasteiger partial charge in [-0.2, -0.15) is 4.31 Å². The molecule has 0 saturated carbocycles. The van der Waals surface area contributed by atoms with E-state index < -0.39 is 10.0 Å². The van der Waals surface area contributed by atoms with Crippen molar-refractivity contribution in [2.45, 2.75) is 24.2 Å². The fourth-order valence-electron chi connectivity index (χ4n) is 3.95. The van der Waals surface area contributed by atoms with Crippen LogP contribution in [0.1, 0.15) is 18.4 Å². The zero-order chi connectivity index (χ0) is 21.8. The second kappa shape index (κ2) is 9.38. The first-order valence-electron chi connectivity index (χ1n) is 10.4. The summed E-state index contributed by atoms with van der Waals surface area (Å²) in [4.78, 5) is 12.8. The number of fused-ring (bicyclic) bond motifs is 1. The standard InChI is InChI=1S/C23H26N2O4S2/c1-29-19-6-8-20(9-7-19)31(27,28)25-14-11-17(12-15-25)23(26)24-13-10-18-16-30-22-5-3-2-4-21(18)22/h2-9,16-17H,10-15H2,1H3,(H,24,26). The Morgan fingerprint density at radius 2 is 1.84 bits per heavy atom. The summed E-state index contributed by atoms with van der Waals surface area (Å²) in [6.07, 6.45) is 1.85. The molecule has 3 aromatic rings. The van der Waals surface area contributed by atoms with Crippen LogP contribution in [-0.4, -0.2) is 45.4 Å². The molecular weight excluding hydrogens is 432 g/mol. The Morgan fingerprint density at radius 1 is 1.13 bits per heavy atom. The maximum atomic E-state index is 12.9. The highest BCUT2D eigenvalue weighted by molar-refractivity contribution is 7.89. The van der Waals surface area contributed by atoms with Gasteiger partial charge in [0, 0.05) is 30.3 Å². The van der Waals surface area contributed by atoms with Gasteiger partial charge >= 0.3 is 0 Å². The number of nitrogens with zero attached hydrogens (tertiary/aromatic N) is 1. The molecule has 0 atom stereocenters. The van der Waals surface area contributed by atoms with E-state index in [1.807, 2.05) is 12.1 Å². The number of hydrogen-bond acceptors (Lipinski definition) is 5. The van der Waals surface area contributed by atoms with Crippen LogP contribution in [-0.2, 0) is 21.2 Å². The van der Waals surface area contributed by atoms with Crippen molar-refractivity contribution in [2.75, 3.05) is 26.7 Å². The van der Waals surface area contributed by atoms with Crippen LogP contribution in [0.2, 0.25) is 0 Å². The molecule has 1 saturated heterocycles. The van der Waals surface area contributed by atoms with Crippen molar-refractivity contribution >= 4 is 37.4 Å². The summed E-state index contributed by atoms with van der Waals surface area (Å²) in [5.41, 5.74) is 1.25. The maximum Gasteiger partial charge on any atom is 0.243 e. The van der Waals surface area contributed by atoms with Crippen LogP contribution in [0.4, 0.5) is 0 Å². The Kier molecular flexibility index (Phi) is 6.60. The average molecular weight is 459 g/mol. The van der Waals surface area contributed by atoms with Gasteiger partial charge in [0.15, 0.2) is 0 Å². The van der Waals surface area contributed by atoms with Gasteiger partial charge in [-0.1, -0.05) is 18.2 Å². The molecule has 0 radical (unpaired) electrons. The first-order valence-corrected chi connectivity index (χ1v) is 12.7. The van der Waals surface area contributed by atoms with E-state index in [0.717, 1.165) is 6.42 Å². The van der Waals surface area contributed by atoms with Gasteiger partial charge in [-0.05, 0) is 65.9 Å². The first-order chi connectivity index (χ1) is 15.0. The molecule has 1 aliphatic rings. The second-order valence-corrected chi connectivity index (χ2v) is 10.5. The molecule has 0 aliphatic carbocycles. The molecule has 6 nitrogen and oxygen atoms in total. The lowest BCUT2D eigenvalue weighted by molar-refractivity contribution is -0.126. The molecule has 8 heteroatoms. The van der Waals surface area contributed by atoms with Crippen molar-refractivity contribution < 1.29 is 17.9 Å². The number of sulfonamides is 1. The topological polar surface area (TPSA) is 75.7 Å². The summed E-state index contributed by atoms with van der Waals surface area (Å²) in [5.74, 6) is 0.479. The van der Waals surface area contributed by atoms with Gasteiger partial charge in [0.25, 0.3) is 0 Å². The molecule has 1 N–H and O–H groups in total. The van der Waals surface area contributed by atoms with Gasteiger partial charge in [-0.3, -0.25) is 4.79 Å². The number of amides is 1. The van der Waals surface area contributed by atoms with Gasteiger partial charge in [0.1, 0.15) is 5.75 Å². The number of rotatable bonds is 7. The first kappa shape index (κ1) is 21.8. The van der Waals surface area contributed by atoms with Gasteiger partial charge in [0.05, 0.1) is 12.0 Å². The van der Waals surface area contributed by atoms with Crippen molar-refractivity contribution in [1.82, 2.24) is 9.62 Å². The van der Waals surface area contributed by atoms with Crippen LogP contribution < -0.4 is 10.1 Å². The Balaban J connectivity index is 1.28. The van der Waals surface area contributed by atoms with Gasteiger partial charge in [-0.25, -0.2) is 8.42 Å². The molecule has 31 heavy (non-hydrogen) atoms. The number of hydrogen-bond donors (Lipinski definition) is 1. The van der Waals surface area contributed by atoms with Crippen LogP contribution in [0.15, 0.2) is 58.8 Å². The van der Waals surface area contributed by atoms with Crippen LogP contribution in [0, 0.1) is 5.92 Å². The highest BCUT2D eigenvalue weighted by atomic mass is 32.2. The van der Waals surface area contributed by atoms with Gasteiger partial charge in [-0.15, -0.1) is 11.3 Å². The molecule has 1 aliphatic heterocycles. The van der Waals surface area contributed by atoms with Crippen LogP contribution in [0.3, 0.4) is 0 Å². The summed E-state index contributed by atoms with van der Waals surface area (Å²) in [5, 5.41) is 6.44. The molecule has 164 valence electrons. The van der Waals surface area contributed by atoms with Crippen molar-refractivity contribution in [1.29, 1.82) is 0 Å². The molecule has 2 heterocycles. The molecule has 4 rings (SSSR count). The smallest absolute Gasteiger partial charge is 0.243 e. The van der Waals surface area contributed by atoms with Crippen molar-refractivity contribution in [2.24, 2.45) is 5.92 Å². The van der Waals surface area contributed by atoms with Crippen LogP contribution in [0.25, 0.3) is 10.1 Å². The molecular formula is C23H26N2O4S2. The lowest BCUT2D eigenvalue weighted by Crippen LogP contribution is -2.43. The van der Waals surface area contributed by atoms with E-state index >= 15 is 0 Å². The van der Waals surface area contributed by atoms with Crippen molar-refractivity contribution in [3.05, 3.63) is 59.5 Å². The Hall–Kier alpha value is -2.42. The lowest BCUT2D eigenvalue weighted by Gasteiger charge is -2.30. The summed E-state index contributed by atoms with van der Waals surface area (Å²) >= 11 is 1.72. The number of carbonyl (C=O) groups excluding carboxylic acids is 1. The van der Waals surface area contributed by atoms with Gasteiger partial charge < -0.3 is 10.1 Å². The summed E-state index contributed by atoms with van der Waals surface area (Å²) in [6, 6.07) is 14.7. The Bertz CT molecular complexity index is 1150. The van der Waals surface area contributed by atoms with E-state index in [0.29, 0.717) is 38.2 Å². The predicted molar refractivity (Wildman–Crippen MR) is 123 cm³/mol. The van der Waals surface area contributed by atoms with E-state index in [-0.39, 0.29) is 16.7 Å². The monoisotopic (exact) mass is 458 g/mol. The van der Waals surface area contributed by atoms with E-state index in [1.54, 1.807) is 42.7 Å². The number of ether oxygens (including phenoxy) is 1. The molecule has 1 fully saturated rings. The largest absolute Gasteiger partial charge is 0.497 e. The second-order valence-electron chi connectivity index (χ2n) is 7.65. The fraction of sp³-hybridized carbons (Fsp3) is 0.348. The minimum atomic E-state index is -3.56. The minimum Gasteiger partial charge on any atom is -0.497 e. The average Bonchev–Trinajstić information content (AvgIpc) is 3.22. The summed E-state index contributed by atoms with van der Waals surface area (Å²) < 4.78 is 33.5. The van der Waals surface area contributed by atoms with Crippen molar-refractivity contribution in [3.63, 3.8) is 0 Å². The quantitative estimate of drug-likeness (QED) is 0.586. The third kappa shape index (κ3) is 4.76. The number of methoxy groups -OCH3 is 1. The normalized spacial score (nSPS) is 15.8. The molecule has 1 amide bonds. The number of thiophene rings is 1. The third-order valence-electron chi connectivity index (χ3n) is 5.78. The molecule has 0 spiro atoms. The van der Waals surface area contributed by atoms with E-state index in [1.165, 1.54) is 20.0 Å². The van der Waals surface area contributed by atoms with Crippen LogP contribution >= 0.6 is 11.3 Å². The zero-order valence-electron chi connectivity index (χ0n) is 17.4. The Labute approximate surface area is 186 Å². The van der Waals surface area contributed by atoms with Crippen molar-refractivity contribution in [3.8, 4) is 5.75 Å². The van der Waals surface area contributed by atoms with E-state index in [2.05, 4.69) is 22.8 Å². The van der Waals surface area contributed by atoms with Gasteiger partial charge in [0.2, 0.25) is 15.9 Å². The number of carbonyl (C=O) groups is 1. The molecule has 0 bridgehead atoms. The fourth-order valence-corrected chi connectivity index (χ4v) is 6.41. The number of piperidine rings is 1. The predicted octanol–water partition coefficient (Wildman–Crippen LogP) is 3.67.